The van der Waals surface area contributed by atoms with Gasteiger partial charge in [-0.1, -0.05) is 6.07 Å². The summed E-state index contributed by atoms with van der Waals surface area (Å²) < 4.78 is 52.1. The molecular formula is C21H15F4N3O2. The molecule has 1 heterocycles. The van der Waals surface area contributed by atoms with Gasteiger partial charge in [0.2, 0.25) is 0 Å². The van der Waals surface area contributed by atoms with Crippen LogP contribution in [0.2, 0.25) is 0 Å². The van der Waals surface area contributed by atoms with Crippen LogP contribution in [-0.4, -0.2) is 16.8 Å². The lowest BCUT2D eigenvalue weighted by molar-refractivity contribution is -0.137. The topological polar surface area (TPSA) is 71.1 Å². The molecule has 2 aromatic carbocycles. The van der Waals surface area contributed by atoms with E-state index in [1.165, 1.54) is 18.3 Å². The molecule has 30 heavy (non-hydrogen) atoms. The van der Waals surface area contributed by atoms with Crippen LogP contribution in [0.1, 0.15) is 31.8 Å². The molecule has 0 radical (unpaired) electrons. The molecule has 154 valence electrons. The monoisotopic (exact) mass is 417 g/mol. The largest absolute Gasteiger partial charge is 0.416 e. The summed E-state index contributed by atoms with van der Waals surface area (Å²) in [5.41, 5.74) is -0.278. The molecule has 3 aromatic rings. The number of hydrogen-bond donors (Lipinski definition) is 2. The van der Waals surface area contributed by atoms with Crippen LogP contribution in [0.25, 0.3) is 0 Å². The number of carbonyl (C=O) groups is 2. The van der Waals surface area contributed by atoms with Gasteiger partial charge in [0.05, 0.1) is 17.4 Å². The molecule has 0 bridgehead atoms. The van der Waals surface area contributed by atoms with E-state index >= 15 is 0 Å². The summed E-state index contributed by atoms with van der Waals surface area (Å²) >= 11 is 0. The van der Waals surface area contributed by atoms with Gasteiger partial charge < -0.3 is 10.6 Å². The van der Waals surface area contributed by atoms with Crippen molar-refractivity contribution in [2.24, 2.45) is 0 Å². The third-order valence-electron chi connectivity index (χ3n) is 4.15. The fraction of sp³-hybridized carbons (Fsp3) is 0.0952. The molecule has 5 nitrogen and oxygen atoms in total. The second-order valence-electron chi connectivity index (χ2n) is 6.41. The van der Waals surface area contributed by atoms with Crippen LogP contribution in [0.3, 0.4) is 0 Å². The first-order valence-electron chi connectivity index (χ1n) is 8.64. The number of hydrogen-bond acceptors (Lipinski definition) is 3. The zero-order chi connectivity index (χ0) is 21.9. The van der Waals surface area contributed by atoms with Gasteiger partial charge in [-0.15, -0.1) is 0 Å². The van der Waals surface area contributed by atoms with Gasteiger partial charge in [0.15, 0.2) is 0 Å². The average molecular weight is 417 g/mol. The van der Waals surface area contributed by atoms with Gasteiger partial charge in [0, 0.05) is 23.0 Å². The minimum atomic E-state index is -4.79. The Morgan fingerprint density at radius 1 is 0.933 bits per heavy atom. The number of carbonyl (C=O) groups excluding carboxylic acids is 2. The lowest BCUT2D eigenvalue weighted by Crippen LogP contribution is -2.17. The highest BCUT2D eigenvalue weighted by Gasteiger charge is 2.32. The third kappa shape index (κ3) is 4.99. The zero-order valence-corrected chi connectivity index (χ0v) is 15.5. The number of nitrogens with zero attached hydrogens (tertiary/aromatic N) is 1. The van der Waals surface area contributed by atoms with Crippen LogP contribution >= 0.6 is 0 Å². The molecule has 9 heteroatoms. The predicted octanol–water partition coefficient (Wildman–Crippen LogP) is 5.05. The summed E-state index contributed by atoms with van der Waals surface area (Å²) in [7, 11) is 0. The van der Waals surface area contributed by atoms with E-state index < -0.39 is 34.9 Å². The summed E-state index contributed by atoms with van der Waals surface area (Å²) in [4.78, 5) is 28.8. The minimum Gasteiger partial charge on any atom is -0.322 e. The number of rotatable bonds is 4. The molecule has 0 unspecified atom stereocenters. The predicted molar refractivity (Wildman–Crippen MR) is 103 cm³/mol. The highest BCUT2D eigenvalue weighted by atomic mass is 19.4. The zero-order valence-electron chi connectivity index (χ0n) is 15.5. The lowest BCUT2D eigenvalue weighted by atomic mass is 10.1. The minimum absolute atomic E-state index is 0.166. The van der Waals surface area contributed by atoms with E-state index in [2.05, 4.69) is 15.6 Å². The molecule has 0 aliphatic rings. The molecule has 0 saturated carbocycles. The molecular weight excluding hydrogens is 402 g/mol. The quantitative estimate of drug-likeness (QED) is 0.584. The smallest absolute Gasteiger partial charge is 0.322 e. The molecule has 1 aromatic heterocycles. The van der Waals surface area contributed by atoms with Crippen molar-refractivity contribution < 1.29 is 27.2 Å². The number of anilines is 2. The maximum Gasteiger partial charge on any atom is 0.416 e. The van der Waals surface area contributed by atoms with Gasteiger partial charge in [0.25, 0.3) is 11.8 Å². The SMILES string of the molecule is Cc1ccc(NC(=O)c2cc(F)cc(C(F)(F)F)c2)cc1C(=O)Nc1cccnc1. The van der Waals surface area contributed by atoms with Crippen molar-refractivity contribution in [1.29, 1.82) is 0 Å². The molecule has 0 saturated heterocycles. The third-order valence-corrected chi connectivity index (χ3v) is 4.15. The van der Waals surface area contributed by atoms with E-state index in [9.17, 15) is 27.2 Å². The Morgan fingerprint density at radius 3 is 2.33 bits per heavy atom. The number of aromatic nitrogens is 1. The second kappa shape index (κ2) is 8.32. The van der Waals surface area contributed by atoms with Crippen LogP contribution in [-0.2, 0) is 6.18 Å². The molecule has 0 aliphatic carbocycles. The van der Waals surface area contributed by atoms with Crippen molar-refractivity contribution in [3.05, 3.63) is 89.0 Å². The Kier molecular flexibility index (Phi) is 5.81. The van der Waals surface area contributed by atoms with Crippen LogP contribution in [0.15, 0.2) is 60.9 Å². The summed E-state index contributed by atoms with van der Waals surface area (Å²) in [6.45, 7) is 1.69. The van der Waals surface area contributed by atoms with E-state index in [4.69, 9.17) is 0 Å². The fourth-order valence-corrected chi connectivity index (χ4v) is 2.67. The first-order chi connectivity index (χ1) is 14.1. The normalized spacial score (nSPS) is 11.1. The number of pyridine rings is 1. The van der Waals surface area contributed by atoms with Crippen molar-refractivity contribution in [2.45, 2.75) is 13.1 Å². The van der Waals surface area contributed by atoms with E-state index in [1.807, 2.05) is 0 Å². The molecule has 0 aliphatic heterocycles. The van der Waals surface area contributed by atoms with Crippen molar-refractivity contribution in [1.82, 2.24) is 4.98 Å². The Bertz CT molecular complexity index is 1100. The van der Waals surface area contributed by atoms with Crippen molar-refractivity contribution in [3.8, 4) is 0 Å². The highest BCUT2D eigenvalue weighted by molar-refractivity contribution is 6.08. The first kappa shape index (κ1) is 21.0. The molecule has 2 amide bonds. The number of nitrogens with one attached hydrogen (secondary N) is 2. The number of halogens is 4. The standard InChI is InChI=1S/C21H15F4N3O2/c1-12-4-5-16(10-18(12)20(30)28-17-3-2-6-26-11-17)27-19(29)13-7-14(21(23,24)25)9-15(22)8-13/h2-11H,1H3,(H,27,29)(H,28,30). The molecule has 0 spiro atoms. The van der Waals surface area contributed by atoms with Gasteiger partial charge >= 0.3 is 6.18 Å². The highest BCUT2D eigenvalue weighted by Crippen LogP contribution is 2.30. The molecule has 0 atom stereocenters. The Morgan fingerprint density at radius 2 is 1.67 bits per heavy atom. The maximum absolute atomic E-state index is 13.5. The molecule has 3 rings (SSSR count). The Balaban J connectivity index is 1.82. The number of alkyl halides is 3. The van der Waals surface area contributed by atoms with E-state index in [1.54, 1.807) is 31.3 Å². The van der Waals surface area contributed by atoms with Crippen LogP contribution in [0.5, 0.6) is 0 Å². The fourth-order valence-electron chi connectivity index (χ4n) is 2.67. The second-order valence-corrected chi connectivity index (χ2v) is 6.41. The van der Waals surface area contributed by atoms with Crippen molar-refractivity contribution in [3.63, 3.8) is 0 Å². The van der Waals surface area contributed by atoms with Gasteiger partial charge in [-0.3, -0.25) is 14.6 Å². The lowest BCUT2D eigenvalue weighted by Gasteiger charge is -2.12. The Labute approximate surface area is 168 Å². The molecule has 2 N–H and O–H groups in total. The summed E-state index contributed by atoms with van der Waals surface area (Å²) in [5, 5.41) is 5.04. The van der Waals surface area contributed by atoms with Crippen LogP contribution in [0, 0.1) is 12.7 Å². The molecule has 0 fully saturated rings. The first-order valence-corrected chi connectivity index (χ1v) is 8.64. The van der Waals surface area contributed by atoms with Gasteiger partial charge in [-0.05, 0) is 55.0 Å². The number of amides is 2. The Hall–Kier alpha value is -3.75. The van der Waals surface area contributed by atoms with Gasteiger partial charge in [0.1, 0.15) is 5.82 Å². The van der Waals surface area contributed by atoms with E-state index in [-0.39, 0.29) is 11.3 Å². The van der Waals surface area contributed by atoms with Gasteiger partial charge in [-0.25, -0.2) is 4.39 Å². The summed E-state index contributed by atoms with van der Waals surface area (Å²) in [5.74, 6) is -2.58. The van der Waals surface area contributed by atoms with E-state index in [0.717, 1.165) is 0 Å². The van der Waals surface area contributed by atoms with Gasteiger partial charge in [-0.2, -0.15) is 13.2 Å². The maximum atomic E-state index is 13.5. The number of aryl methyl sites for hydroxylation is 1. The van der Waals surface area contributed by atoms with E-state index in [0.29, 0.717) is 29.4 Å². The number of benzene rings is 2. The van der Waals surface area contributed by atoms with Crippen LogP contribution in [0.4, 0.5) is 28.9 Å². The summed E-state index contributed by atoms with van der Waals surface area (Å²) in [6, 6.07) is 9.30. The summed E-state index contributed by atoms with van der Waals surface area (Å²) in [6.07, 6.45) is -1.78. The average Bonchev–Trinajstić information content (AvgIpc) is 2.69. The van der Waals surface area contributed by atoms with Crippen LogP contribution < -0.4 is 10.6 Å². The van der Waals surface area contributed by atoms with Crippen molar-refractivity contribution >= 4 is 23.2 Å². The van der Waals surface area contributed by atoms with Crippen molar-refractivity contribution in [2.75, 3.05) is 10.6 Å².